The maximum Gasteiger partial charge on any atom is 0.0547 e. The molecule has 0 fully saturated rings. The van der Waals surface area contributed by atoms with Gasteiger partial charge in [0.25, 0.3) is 0 Å². The Morgan fingerprint density at radius 1 is 0.360 bits per heavy atom. The Labute approximate surface area is 290 Å². The number of hydrogen-bond donors (Lipinski definition) is 0. The monoisotopic (exact) mass is 634 g/mol. The second-order valence-electron chi connectivity index (χ2n) is 12.8. The summed E-state index contributed by atoms with van der Waals surface area (Å²) in [5.74, 6) is 0. The van der Waals surface area contributed by atoms with Gasteiger partial charge in [-0.05, 0) is 88.5 Å². The van der Waals surface area contributed by atoms with Crippen molar-refractivity contribution in [1.29, 1.82) is 0 Å². The first-order valence-corrected chi connectivity index (χ1v) is 17.0. The largest absolute Gasteiger partial charge is 0.309 e. The van der Waals surface area contributed by atoms with Crippen molar-refractivity contribution in [3.63, 3.8) is 0 Å². The minimum Gasteiger partial charge on any atom is -0.309 e. The standard InChI is InChI=1S/C48H30N2/c1-3-15-33(16-4-1)35-19-11-21-37(31-35)49-43-27-9-7-23-41(43)47-39(25-13-29-45(47)49)40-26-14-30-46-48(40)42-24-8-10-28-44(42)50(46)38-22-12-20-36(32-38)34-17-5-2-6-18-34/h1-5,7-17,19-32H. The van der Waals surface area contributed by atoms with E-state index in [1.807, 2.05) is 12.1 Å². The molecule has 0 aliphatic carbocycles. The molecule has 0 saturated heterocycles. The maximum absolute atomic E-state index is 3.28. The third-order valence-electron chi connectivity index (χ3n) is 9.96. The smallest absolute Gasteiger partial charge is 0.0547 e. The number of hydrogen-bond acceptors (Lipinski definition) is 0. The molecule has 2 nitrogen and oxygen atoms in total. The van der Waals surface area contributed by atoms with Crippen LogP contribution < -0.4 is 0 Å². The number of aromatic nitrogens is 2. The predicted molar refractivity (Wildman–Crippen MR) is 209 cm³/mol. The number of nitrogens with zero attached hydrogens (tertiary/aromatic N) is 2. The van der Waals surface area contributed by atoms with Crippen molar-refractivity contribution >= 4 is 43.6 Å². The molecule has 0 saturated carbocycles. The van der Waals surface area contributed by atoms with Gasteiger partial charge in [0.15, 0.2) is 0 Å². The van der Waals surface area contributed by atoms with Crippen LogP contribution in [0.3, 0.4) is 0 Å². The summed E-state index contributed by atoms with van der Waals surface area (Å²) in [4.78, 5) is 0. The summed E-state index contributed by atoms with van der Waals surface area (Å²) in [6.45, 7) is 0. The highest BCUT2D eigenvalue weighted by atomic mass is 15.0. The van der Waals surface area contributed by atoms with Gasteiger partial charge in [-0.25, -0.2) is 0 Å². The Morgan fingerprint density at radius 2 is 0.860 bits per heavy atom. The molecule has 0 bridgehead atoms. The summed E-state index contributed by atoms with van der Waals surface area (Å²) < 4.78 is 4.83. The lowest BCUT2D eigenvalue weighted by molar-refractivity contribution is 1.18. The van der Waals surface area contributed by atoms with Crippen molar-refractivity contribution in [3.8, 4) is 44.8 Å². The highest BCUT2D eigenvalue weighted by Crippen LogP contribution is 2.44. The van der Waals surface area contributed by atoms with Crippen LogP contribution in [0.5, 0.6) is 0 Å². The van der Waals surface area contributed by atoms with Gasteiger partial charge in [-0.2, -0.15) is 0 Å². The van der Waals surface area contributed by atoms with Crippen molar-refractivity contribution in [3.05, 3.63) is 194 Å². The Kier molecular flexibility index (Phi) is 6.44. The first-order chi connectivity index (χ1) is 24.8. The third kappa shape index (κ3) is 4.38. The molecule has 2 aromatic heterocycles. The van der Waals surface area contributed by atoms with Gasteiger partial charge in [0.2, 0.25) is 0 Å². The molecule has 50 heavy (non-hydrogen) atoms. The highest BCUT2D eigenvalue weighted by Gasteiger charge is 2.20. The van der Waals surface area contributed by atoms with Gasteiger partial charge in [-0.3, -0.25) is 0 Å². The lowest BCUT2D eigenvalue weighted by atomic mass is 9.95. The molecule has 2 heterocycles. The highest BCUT2D eigenvalue weighted by molar-refractivity contribution is 6.22. The minimum absolute atomic E-state index is 1.04. The number of fused-ring (bicyclic) bond motifs is 6. The predicted octanol–water partition coefficient (Wildman–Crippen LogP) is 12.5. The lowest BCUT2D eigenvalue weighted by Gasteiger charge is -2.12. The average molecular weight is 635 g/mol. The van der Waals surface area contributed by atoms with Gasteiger partial charge in [-0.15, -0.1) is 0 Å². The van der Waals surface area contributed by atoms with Crippen molar-refractivity contribution in [2.45, 2.75) is 0 Å². The van der Waals surface area contributed by atoms with Gasteiger partial charge >= 0.3 is 0 Å². The normalized spacial score (nSPS) is 11.4. The first kappa shape index (κ1) is 28.2. The summed E-state index contributed by atoms with van der Waals surface area (Å²) in [7, 11) is 0. The zero-order valence-corrected chi connectivity index (χ0v) is 27.2. The molecule has 232 valence electrons. The Bertz CT molecular complexity index is 2660. The first-order valence-electron chi connectivity index (χ1n) is 17.0. The van der Waals surface area contributed by atoms with Crippen LogP contribution in [0.1, 0.15) is 0 Å². The fourth-order valence-corrected chi connectivity index (χ4v) is 7.83. The molecule has 0 atom stereocenters. The Hall–Kier alpha value is -6.82. The van der Waals surface area contributed by atoms with E-state index in [9.17, 15) is 0 Å². The summed E-state index contributed by atoms with van der Waals surface area (Å²) in [5, 5.41) is 4.99. The van der Waals surface area contributed by atoms with E-state index < -0.39 is 0 Å². The Morgan fingerprint density at radius 3 is 1.46 bits per heavy atom. The third-order valence-corrected chi connectivity index (χ3v) is 9.96. The minimum atomic E-state index is 1.04. The summed E-state index contributed by atoms with van der Waals surface area (Å²) in [5.41, 5.74) is 14.1. The van der Waals surface area contributed by atoms with E-state index in [1.165, 1.54) is 65.9 Å². The molecule has 0 spiro atoms. The SMILES string of the molecule is c1cccc(-c2cccc(-n3c4ccccc4c4c(-c5cccc6c5c5ccccc5n6-c5cccc(-c6ccccc6)c5)cccc43)c2)c#1. The molecule has 2 heteroatoms. The molecule has 0 unspecified atom stereocenters. The van der Waals surface area contributed by atoms with Gasteiger partial charge in [0.1, 0.15) is 0 Å². The van der Waals surface area contributed by atoms with Crippen molar-refractivity contribution in [2.24, 2.45) is 0 Å². The molecule has 0 N–H and O–H groups in total. The van der Waals surface area contributed by atoms with Crippen LogP contribution in [-0.4, -0.2) is 9.13 Å². The molecular formula is C48H30N2. The average Bonchev–Trinajstić information content (AvgIpc) is 3.72. The fourth-order valence-electron chi connectivity index (χ4n) is 7.83. The summed E-state index contributed by atoms with van der Waals surface area (Å²) in [6, 6.07) is 71.8. The van der Waals surface area contributed by atoms with Crippen molar-refractivity contribution < 1.29 is 0 Å². The summed E-state index contributed by atoms with van der Waals surface area (Å²) >= 11 is 0. The van der Waals surface area contributed by atoms with Crippen LogP contribution in [0, 0.1) is 12.1 Å². The van der Waals surface area contributed by atoms with Crippen LogP contribution in [0.2, 0.25) is 0 Å². The Balaban J connectivity index is 1.23. The second kappa shape index (κ2) is 11.4. The van der Waals surface area contributed by atoms with Crippen LogP contribution in [0.15, 0.2) is 182 Å². The molecule has 0 amide bonds. The van der Waals surface area contributed by atoms with Crippen LogP contribution in [0.25, 0.3) is 88.4 Å². The van der Waals surface area contributed by atoms with Gasteiger partial charge in [0.05, 0.1) is 22.1 Å². The fraction of sp³-hybridized carbons (Fsp3) is 0. The molecule has 10 aromatic rings. The molecule has 0 aliphatic rings. The van der Waals surface area contributed by atoms with Crippen molar-refractivity contribution in [1.82, 2.24) is 9.13 Å². The molecular weight excluding hydrogens is 605 g/mol. The van der Waals surface area contributed by atoms with Gasteiger partial charge in [0, 0.05) is 38.5 Å². The van der Waals surface area contributed by atoms with Crippen molar-refractivity contribution in [2.75, 3.05) is 0 Å². The topological polar surface area (TPSA) is 9.86 Å². The second-order valence-corrected chi connectivity index (χ2v) is 12.8. The van der Waals surface area contributed by atoms with Gasteiger partial charge < -0.3 is 9.13 Å². The van der Waals surface area contributed by atoms with Crippen LogP contribution >= 0.6 is 0 Å². The van der Waals surface area contributed by atoms with E-state index in [0.29, 0.717) is 0 Å². The summed E-state index contributed by atoms with van der Waals surface area (Å²) in [6.07, 6.45) is 0. The van der Waals surface area contributed by atoms with E-state index in [2.05, 4.69) is 191 Å². The molecule has 10 rings (SSSR count). The van der Waals surface area contributed by atoms with E-state index in [0.717, 1.165) is 22.5 Å². The lowest BCUT2D eigenvalue weighted by Crippen LogP contribution is -1.95. The van der Waals surface area contributed by atoms with Crippen LogP contribution in [-0.2, 0) is 0 Å². The van der Waals surface area contributed by atoms with Gasteiger partial charge in [-0.1, -0.05) is 133 Å². The molecule has 8 aromatic carbocycles. The molecule has 0 radical (unpaired) electrons. The van der Waals surface area contributed by atoms with Crippen LogP contribution in [0.4, 0.5) is 0 Å². The zero-order valence-electron chi connectivity index (χ0n) is 27.2. The maximum atomic E-state index is 3.28. The quantitative estimate of drug-likeness (QED) is 0.178. The number of rotatable bonds is 5. The molecule has 0 aliphatic heterocycles. The van der Waals surface area contributed by atoms with E-state index in [4.69, 9.17) is 0 Å². The number of para-hydroxylation sites is 2. The zero-order chi connectivity index (χ0) is 33.0. The number of benzene rings is 7. The van der Waals surface area contributed by atoms with E-state index >= 15 is 0 Å². The van der Waals surface area contributed by atoms with E-state index in [1.54, 1.807) is 0 Å². The van der Waals surface area contributed by atoms with E-state index in [-0.39, 0.29) is 0 Å².